The van der Waals surface area contributed by atoms with E-state index in [4.69, 9.17) is 9.47 Å². The van der Waals surface area contributed by atoms with E-state index in [0.29, 0.717) is 30.1 Å². The summed E-state index contributed by atoms with van der Waals surface area (Å²) in [5.41, 5.74) is -0.598. The zero-order valence-corrected chi connectivity index (χ0v) is 21.4. The van der Waals surface area contributed by atoms with Crippen LogP contribution in [0.1, 0.15) is 31.7 Å². The molecule has 2 saturated heterocycles. The molecular weight excluding hydrogens is 455 g/mol. The molecule has 0 radical (unpaired) electrons. The van der Waals surface area contributed by atoms with Crippen LogP contribution in [0.5, 0.6) is 5.75 Å². The Labute approximate surface area is 201 Å². The minimum atomic E-state index is -3.36. The Morgan fingerprint density at radius 2 is 2.18 bits per heavy atom. The third-order valence-electron chi connectivity index (χ3n) is 7.76. The second-order valence-corrected chi connectivity index (χ2v) is 13.9. The number of fused-ring (bicyclic) bond motifs is 2. The van der Waals surface area contributed by atoms with Crippen LogP contribution in [-0.2, 0) is 19.9 Å². The van der Waals surface area contributed by atoms with Gasteiger partial charge < -0.3 is 28.5 Å². The Kier molecular flexibility index (Phi) is 6.65. The minimum Gasteiger partial charge on any atom is -0.497 e. The van der Waals surface area contributed by atoms with E-state index >= 15 is 4.11 Å². The van der Waals surface area contributed by atoms with Gasteiger partial charge in [-0.15, -0.1) is 6.58 Å². The van der Waals surface area contributed by atoms with Gasteiger partial charge in [0.25, 0.3) is 5.91 Å². The molecule has 7 nitrogen and oxygen atoms in total. The van der Waals surface area contributed by atoms with Crippen LogP contribution >= 0.6 is 0 Å². The second kappa shape index (κ2) is 9.09. The summed E-state index contributed by atoms with van der Waals surface area (Å²) >= 11 is 0. The number of aliphatic hydroxyl groups is 1. The van der Waals surface area contributed by atoms with Gasteiger partial charge in [0.15, 0.2) is 5.60 Å². The highest BCUT2D eigenvalue weighted by Crippen LogP contribution is 2.60. The molecule has 2 amide bonds. The number of hydrogen-bond donors (Lipinski definition) is 1. The van der Waals surface area contributed by atoms with E-state index in [1.807, 2.05) is 13.0 Å². The van der Waals surface area contributed by atoms with Gasteiger partial charge in [0.1, 0.15) is 5.75 Å². The number of hydrogen-bond acceptors (Lipinski definition) is 5. The van der Waals surface area contributed by atoms with Gasteiger partial charge >= 0.3 is 0 Å². The number of amides is 2. The molecule has 34 heavy (non-hydrogen) atoms. The summed E-state index contributed by atoms with van der Waals surface area (Å²) in [5.74, 6) is -0.306. The highest BCUT2D eigenvalue weighted by molar-refractivity contribution is 6.72. The molecule has 2 fully saturated rings. The Morgan fingerprint density at radius 1 is 1.44 bits per heavy atom. The van der Waals surface area contributed by atoms with Crippen molar-refractivity contribution >= 4 is 25.9 Å². The fourth-order valence-electron chi connectivity index (χ4n) is 6.31. The summed E-state index contributed by atoms with van der Waals surface area (Å²) in [6.45, 7) is 9.67. The average Bonchev–Trinajstić information content (AvgIpc) is 3.44. The van der Waals surface area contributed by atoms with Crippen molar-refractivity contribution < 1.29 is 28.3 Å². The average molecular weight is 491 g/mol. The van der Waals surface area contributed by atoms with Crippen molar-refractivity contribution in [3.63, 3.8) is 0 Å². The van der Waals surface area contributed by atoms with Gasteiger partial charge in [-0.3, -0.25) is 9.59 Å². The number of halogens is 1. The van der Waals surface area contributed by atoms with Crippen molar-refractivity contribution in [2.24, 2.45) is 5.92 Å². The number of methoxy groups -OCH3 is 1. The van der Waals surface area contributed by atoms with Gasteiger partial charge in [-0.2, -0.15) is 0 Å². The van der Waals surface area contributed by atoms with Crippen molar-refractivity contribution in [2.75, 3.05) is 31.7 Å². The summed E-state index contributed by atoms with van der Waals surface area (Å²) in [6, 6.07) is 5.19. The van der Waals surface area contributed by atoms with Crippen LogP contribution in [0.15, 0.2) is 30.9 Å². The fourth-order valence-corrected chi connectivity index (χ4v) is 8.80. The number of benzene rings is 1. The van der Waals surface area contributed by atoms with E-state index in [0.717, 1.165) is 12.8 Å². The Balaban J connectivity index is 1.76. The van der Waals surface area contributed by atoms with Crippen LogP contribution < -0.4 is 9.64 Å². The first-order chi connectivity index (χ1) is 16.1. The normalized spacial score (nSPS) is 30.8. The number of rotatable bonds is 7. The quantitative estimate of drug-likeness (QED) is 0.360. The molecule has 5 atom stereocenters. The summed E-state index contributed by atoms with van der Waals surface area (Å²) in [4.78, 5) is 30.5. The number of aliphatic hydroxyl groups excluding tert-OH is 1. The molecule has 1 spiro atoms. The SMILES string of the molecule is C=CCN1C(=O)[C@@]2(O[C@@H](CC(=O)N3CCC[C@H]3CO)[C@H]([Si](C)(C)F)[C@H]2C)c2cc(OC)ccc21. The van der Waals surface area contributed by atoms with Crippen molar-refractivity contribution in [2.45, 2.75) is 62.6 Å². The maximum atomic E-state index is 15.8. The largest absolute Gasteiger partial charge is 0.497 e. The zero-order chi connectivity index (χ0) is 24.8. The highest BCUT2D eigenvalue weighted by atomic mass is 28.4. The topological polar surface area (TPSA) is 79.3 Å². The standard InChI is InChI=1S/C25H35FN2O5Si/c1-6-11-28-20-10-9-18(32-3)13-19(20)25(24(28)31)16(2)23(34(4,5)26)21(33-25)14-22(30)27-12-7-8-17(27)15-29/h6,9-10,13,16-17,21,23,29H,1,7-8,11-12,14-15H2,2-5H3/t16-,17+,21+,23-,25+/m1/s1. The van der Waals surface area contributed by atoms with E-state index < -0.39 is 31.6 Å². The van der Waals surface area contributed by atoms with E-state index in [-0.39, 0.29) is 30.9 Å². The molecule has 1 aromatic carbocycles. The number of carbonyl (C=O) groups excluding carboxylic acids is 2. The summed E-state index contributed by atoms with van der Waals surface area (Å²) in [6.07, 6.45) is 2.49. The monoisotopic (exact) mass is 490 g/mol. The van der Waals surface area contributed by atoms with Gasteiger partial charge in [0.2, 0.25) is 14.3 Å². The zero-order valence-electron chi connectivity index (χ0n) is 20.4. The lowest BCUT2D eigenvalue weighted by atomic mass is 9.82. The lowest BCUT2D eigenvalue weighted by Crippen LogP contribution is -2.45. The summed E-state index contributed by atoms with van der Waals surface area (Å²) < 4.78 is 27.8. The van der Waals surface area contributed by atoms with Gasteiger partial charge in [-0.25, -0.2) is 0 Å². The van der Waals surface area contributed by atoms with Crippen LogP contribution in [-0.4, -0.2) is 69.2 Å². The molecule has 0 aromatic heterocycles. The predicted octanol–water partition coefficient (Wildman–Crippen LogP) is 3.38. The van der Waals surface area contributed by atoms with E-state index in [1.54, 1.807) is 48.2 Å². The highest BCUT2D eigenvalue weighted by Gasteiger charge is 2.67. The molecule has 186 valence electrons. The van der Waals surface area contributed by atoms with Crippen LogP contribution in [0, 0.1) is 5.92 Å². The lowest BCUT2D eigenvalue weighted by Gasteiger charge is -2.31. The minimum absolute atomic E-state index is 0.0123. The van der Waals surface area contributed by atoms with Crippen LogP contribution in [0.4, 0.5) is 9.80 Å². The number of likely N-dealkylation sites (tertiary alicyclic amines) is 1. The molecular formula is C25H35FN2O5Si. The number of nitrogens with zero attached hydrogens (tertiary/aromatic N) is 2. The molecule has 9 heteroatoms. The first-order valence-electron chi connectivity index (χ1n) is 12.0. The van der Waals surface area contributed by atoms with Gasteiger partial charge in [0, 0.05) is 30.1 Å². The predicted molar refractivity (Wildman–Crippen MR) is 130 cm³/mol. The van der Waals surface area contributed by atoms with Crippen molar-refractivity contribution in [1.82, 2.24) is 4.90 Å². The Morgan fingerprint density at radius 3 is 2.79 bits per heavy atom. The molecule has 1 aromatic rings. The summed E-state index contributed by atoms with van der Waals surface area (Å²) in [7, 11) is -1.80. The van der Waals surface area contributed by atoms with E-state index in [1.165, 1.54) is 0 Å². The molecule has 4 rings (SSSR count). The van der Waals surface area contributed by atoms with E-state index in [9.17, 15) is 14.7 Å². The van der Waals surface area contributed by atoms with Crippen molar-refractivity contribution in [1.29, 1.82) is 0 Å². The molecule has 1 N–H and O–H groups in total. The van der Waals surface area contributed by atoms with Crippen molar-refractivity contribution in [3.05, 3.63) is 36.4 Å². The number of ether oxygens (including phenoxy) is 2. The van der Waals surface area contributed by atoms with Gasteiger partial charge in [-0.05, 0) is 44.1 Å². The Hall–Kier alpha value is -2.23. The van der Waals surface area contributed by atoms with Gasteiger partial charge in [0.05, 0.1) is 38.0 Å². The van der Waals surface area contributed by atoms with Crippen LogP contribution in [0.25, 0.3) is 0 Å². The Bertz CT molecular complexity index is 983. The third-order valence-corrected chi connectivity index (χ3v) is 10.2. The molecule has 3 heterocycles. The molecule has 0 aliphatic carbocycles. The molecule has 0 unspecified atom stereocenters. The third kappa shape index (κ3) is 3.78. The molecule has 3 aliphatic rings. The lowest BCUT2D eigenvalue weighted by molar-refractivity contribution is -0.150. The van der Waals surface area contributed by atoms with Crippen LogP contribution in [0.2, 0.25) is 18.6 Å². The smallest absolute Gasteiger partial charge is 0.264 e. The molecule has 0 saturated carbocycles. The van der Waals surface area contributed by atoms with Crippen molar-refractivity contribution in [3.8, 4) is 5.75 Å². The second-order valence-electron chi connectivity index (χ2n) is 10.1. The maximum absolute atomic E-state index is 15.8. The first-order valence-corrected chi connectivity index (χ1v) is 14.9. The fraction of sp³-hybridized carbons (Fsp3) is 0.600. The van der Waals surface area contributed by atoms with Crippen LogP contribution in [0.3, 0.4) is 0 Å². The number of carbonyl (C=O) groups is 2. The molecule has 3 aliphatic heterocycles. The van der Waals surface area contributed by atoms with E-state index in [2.05, 4.69) is 6.58 Å². The number of anilines is 1. The van der Waals surface area contributed by atoms with Gasteiger partial charge in [-0.1, -0.05) is 13.0 Å². The summed E-state index contributed by atoms with van der Waals surface area (Å²) in [5, 5.41) is 9.66. The first kappa shape index (κ1) is 24.9. The molecule has 0 bridgehead atoms. The maximum Gasteiger partial charge on any atom is 0.264 e.